The number of ether oxygens (including phenoxy) is 2. The Morgan fingerprint density at radius 2 is 1.68 bits per heavy atom. The average Bonchev–Trinajstić information content (AvgIpc) is 2.56. The lowest BCUT2D eigenvalue weighted by Crippen LogP contribution is -2.36. The summed E-state index contributed by atoms with van der Waals surface area (Å²) in [7, 11) is 0. The fourth-order valence-corrected chi connectivity index (χ4v) is 2.47. The number of nitrogens with one attached hydrogen (secondary N) is 1. The van der Waals surface area contributed by atoms with E-state index >= 15 is 0 Å². The van der Waals surface area contributed by atoms with Crippen LogP contribution in [-0.4, -0.2) is 18.1 Å². The average molecular weight is 341 g/mol. The molecule has 0 aliphatic rings. The molecule has 0 saturated carbocycles. The van der Waals surface area contributed by atoms with Crippen molar-refractivity contribution in [2.24, 2.45) is 0 Å². The monoisotopic (exact) mass is 341 g/mol. The second-order valence-electron chi connectivity index (χ2n) is 6.56. The number of benzene rings is 2. The molecular weight excluding hydrogens is 314 g/mol. The smallest absolute Gasteiger partial charge is 0.261 e. The van der Waals surface area contributed by atoms with Crippen molar-refractivity contribution in [1.29, 1.82) is 0 Å². The van der Waals surface area contributed by atoms with Crippen molar-refractivity contribution in [3.05, 3.63) is 59.2 Å². The summed E-state index contributed by atoms with van der Waals surface area (Å²) in [6.07, 6.45) is -0.404. The van der Waals surface area contributed by atoms with Gasteiger partial charge in [-0.1, -0.05) is 29.8 Å². The first kappa shape index (κ1) is 18.8. The van der Waals surface area contributed by atoms with E-state index in [4.69, 9.17) is 9.47 Å². The topological polar surface area (TPSA) is 47.6 Å². The Morgan fingerprint density at radius 1 is 1.00 bits per heavy atom. The zero-order valence-electron chi connectivity index (χ0n) is 15.6. The lowest BCUT2D eigenvalue weighted by Gasteiger charge is -2.17. The number of hydrogen-bond donors (Lipinski definition) is 1. The quantitative estimate of drug-likeness (QED) is 0.822. The van der Waals surface area contributed by atoms with Crippen molar-refractivity contribution < 1.29 is 14.3 Å². The maximum absolute atomic E-state index is 12.3. The van der Waals surface area contributed by atoms with Crippen molar-refractivity contribution in [3.63, 3.8) is 0 Å². The van der Waals surface area contributed by atoms with Gasteiger partial charge in [0.15, 0.2) is 6.10 Å². The molecule has 0 unspecified atom stereocenters. The van der Waals surface area contributed by atoms with Crippen LogP contribution in [0.25, 0.3) is 0 Å². The molecule has 0 fully saturated rings. The van der Waals surface area contributed by atoms with Crippen LogP contribution in [0, 0.1) is 13.8 Å². The lowest BCUT2D eigenvalue weighted by molar-refractivity contribution is -0.127. The van der Waals surface area contributed by atoms with Crippen LogP contribution in [0.5, 0.6) is 11.5 Å². The minimum Gasteiger partial charge on any atom is -0.491 e. The van der Waals surface area contributed by atoms with Crippen LogP contribution in [0.1, 0.15) is 37.5 Å². The number of carbonyl (C=O) groups is 1. The van der Waals surface area contributed by atoms with Crippen LogP contribution in [0.3, 0.4) is 0 Å². The maximum Gasteiger partial charge on any atom is 0.261 e. The Bertz CT molecular complexity index is 708. The molecule has 1 N–H and O–H groups in total. The third kappa shape index (κ3) is 5.82. The van der Waals surface area contributed by atoms with Crippen molar-refractivity contribution >= 4 is 5.91 Å². The van der Waals surface area contributed by atoms with E-state index in [0.29, 0.717) is 6.54 Å². The molecule has 134 valence electrons. The van der Waals surface area contributed by atoms with Gasteiger partial charge in [0.05, 0.1) is 6.10 Å². The molecular formula is C21H27NO3. The fourth-order valence-electron chi connectivity index (χ4n) is 2.47. The van der Waals surface area contributed by atoms with Crippen LogP contribution in [-0.2, 0) is 11.3 Å². The van der Waals surface area contributed by atoms with Crippen LogP contribution in [0.2, 0.25) is 0 Å². The summed E-state index contributed by atoms with van der Waals surface area (Å²) < 4.78 is 11.4. The first-order chi connectivity index (χ1) is 11.8. The molecule has 2 aromatic rings. The van der Waals surface area contributed by atoms with E-state index in [-0.39, 0.29) is 12.0 Å². The summed E-state index contributed by atoms with van der Waals surface area (Å²) in [4.78, 5) is 12.3. The van der Waals surface area contributed by atoms with Gasteiger partial charge in [-0.25, -0.2) is 0 Å². The Morgan fingerprint density at radius 3 is 2.28 bits per heavy atom. The van der Waals surface area contributed by atoms with Gasteiger partial charge in [0.1, 0.15) is 11.5 Å². The van der Waals surface area contributed by atoms with E-state index in [1.165, 1.54) is 5.56 Å². The first-order valence-corrected chi connectivity index (χ1v) is 8.62. The predicted molar refractivity (Wildman–Crippen MR) is 100 cm³/mol. The number of aryl methyl sites for hydroxylation is 2. The molecule has 2 rings (SSSR count). The van der Waals surface area contributed by atoms with Gasteiger partial charge in [0.2, 0.25) is 0 Å². The molecule has 0 saturated heterocycles. The summed E-state index contributed by atoms with van der Waals surface area (Å²) in [6.45, 7) is 10.2. The lowest BCUT2D eigenvalue weighted by atomic mass is 10.1. The predicted octanol–water partition coefficient (Wildman–Crippen LogP) is 4.17. The summed E-state index contributed by atoms with van der Waals surface area (Å²) in [5, 5.41) is 2.91. The largest absolute Gasteiger partial charge is 0.491 e. The molecule has 4 nitrogen and oxygen atoms in total. The van der Waals surface area contributed by atoms with Crippen molar-refractivity contribution in [1.82, 2.24) is 5.32 Å². The second-order valence-corrected chi connectivity index (χ2v) is 6.56. The highest BCUT2D eigenvalue weighted by Gasteiger charge is 2.15. The maximum atomic E-state index is 12.3. The van der Waals surface area contributed by atoms with Gasteiger partial charge in [0.25, 0.3) is 5.91 Å². The Hall–Kier alpha value is -2.49. The molecule has 0 spiro atoms. The third-order valence-electron chi connectivity index (χ3n) is 3.77. The molecule has 0 aliphatic heterocycles. The fraction of sp³-hybridized carbons (Fsp3) is 0.381. The van der Waals surface area contributed by atoms with Gasteiger partial charge >= 0.3 is 0 Å². The molecule has 0 heterocycles. The summed E-state index contributed by atoms with van der Waals surface area (Å²) in [5.74, 6) is 1.43. The van der Waals surface area contributed by atoms with Gasteiger partial charge in [-0.05, 0) is 63.9 Å². The zero-order chi connectivity index (χ0) is 18.4. The number of amides is 1. The van der Waals surface area contributed by atoms with Gasteiger partial charge in [-0.3, -0.25) is 4.79 Å². The van der Waals surface area contributed by atoms with Crippen LogP contribution in [0.4, 0.5) is 0 Å². The molecule has 0 aromatic heterocycles. The van der Waals surface area contributed by atoms with E-state index in [9.17, 15) is 4.79 Å². The molecule has 4 heteroatoms. The Labute approximate surface area is 150 Å². The first-order valence-electron chi connectivity index (χ1n) is 8.62. The zero-order valence-corrected chi connectivity index (χ0v) is 15.6. The van der Waals surface area contributed by atoms with Crippen molar-refractivity contribution in [3.8, 4) is 11.5 Å². The molecule has 25 heavy (non-hydrogen) atoms. The SMILES string of the molecule is Cc1ccc(O[C@@H](C)C(=O)NCc2ccc(OC(C)C)cc2)c(C)c1. The standard InChI is InChI=1S/C21H27NO3/c1-14(2)24-19-9-7-18(8-10-19)13-22-21(23)17(5)25-20-11-6-15(3)12-16(20)4/h6-12,14,17H,13H2,1-5H3,(H,22,23)/t17-/m0/s1. The minimum atomic E-state index is -0.551. The number of carbonyl (C=O) groups excluding carboxylic acids is 1. The summed E-state index contributed by atoms with van der Waals surface area (Å²) >= 11 is 0. The highest BCUT2D eigenvalue weighted by atomic mass is 16.5. The Balaban J connectivity index is 1.86. The van der Waals surface area contributed by atoms with Gasteiger partial charge < -0.3 is 14.8 Å². The van der Waals surface area contributed by atoms with E-state index in [0.717, 1.165) is 22.6 Å². The minimum absolute atomic E-state index is 0.137. The van der Waals surface area contributed by atoms with Gasteiger partial charge in [0, 0.05) is 6.54 Å². The second kappa shape index (κ2) is 8.56. The van der Waals surface area contributed by atoms with Gasteiger partial charge in [-0.15, -0.1) is 0 Å². The molecule has 0 bridgehead atoms. The molecule has 0 aliphatic carbocycles. The molecule has 1 amide bonds. The summed E-state index contributed by atoms with van der Waals surface area (Å²) in [5.41, 5.74) is 3.22. The molecule has 1 atom stereocenters. The molecule has 0 radical (unpaired) electrons. The van der Waals surface area contributed by atoms with Crippen molar-refractivity contribution in [2.75, 3.05) is 0 Å². The molecule has 2 aromatic carbocycles. The number of hydrogen-bond acceptors (Lipinski definition) is 3. The van der Waals surface area contributed by atoms with Crippen LogP contribution in [0.15, 0.2) is 42.5 Å². The van der Waals surface area contributed by atoms with Gasteiger partial charge in [-0.2, -0.15) is 0 Å². The van der Waals surface area contributed by atoms with E-state index in [2.05, 4.69) is 5.32 Å². The van der Waals surface area contributed by atoms with Crippen LogP contribution >= 0.6 is 0 Å². The number of rotatable bonds is 7. The normalized spacial score (nSPS) is 11.9. The van der Waals surface area contributed by atoms with Crippen molar-refractivity contribution in [2.45, 2.75) is 53.4 Å². The van der Waals surface area contributed by atoms with E-state index < -0.39 is 6.10 Å². The van der Waals surface area contributed by atoms with E-state index in [1.54, 1.807) is 6.92 Å². The van der Waals surface area contributed by atoms with E-state index in [1.807, 2.05) is 70.2 Å². The third-order valence-corrected chi connectivity index (χ3v) is 3.77. The van der Waals surface area contributed by atoms with Crippen LogP contribution < -0.4 is 14.8 Å². The Kier molecular flexibility index (Phi) is 6.45. The highest BCUT2D eigenvalue weighted by Crippen LogP contribution is 2.20. The highest BCUT2D eigenvalue weighted by molar-refractivity contribution is 5.80. The summed E-state index contributed by atoms with van der Waals surface area (Å²) in [6, 6.07) is 13.7.